The zero-order valence-electron chi connectivity index (χ0n) is 16.4. The number of piperidine rings is 1. The van der Waals surface area contributed by atoms with E-state index in [1.807, 2.05) is 26.0 Å². The molecule has 1 fully saturated rings. The summed E-state index contributed by atoms with van der Waals surface area (Å²) in [6.07, 6.45) is 6.39. The maximum atomic E-state index is 12.7. The molecule has 1 saturated heterocycles. The van der Waals surface area contributed by atoms with Crippen molar-refractivity contribution in [3.63, 3.8) is 0 Å². The number of pyridine rings is 1. The molecule has 2 aromatic rings. The Morgan fingerprint density at radius 2 is 2.07 bits per heavy atom. The molecule has 0 atom stereocenters. The van der Waals surface area contributed by atoms with E-state index in [1.165, 1.54) is 19.3 Å². The van der Waals surface area contributed by atoms with Gasteiger partial charge >= 0.3 is 0 Å². The van der Waals surface area contributed by atoms with E-state index in [4.69, 9.17) is 4.74 Å². The quantitative estimate of drug-likeness (QED) is 0.780. The van der Waals surface area contributed by atoms with Crippen LogP contribution in [0, 0.1) is 5.41 Å². The monoisotopic (exact) mass is 371 g/mol. The molecule has 0 spiro atoms. The minimum atomic E-state index is -0.440. The lowest BCUT2D eigenvalue weighted by Gasteiger charge is -2.30. The van der Waals surface area contributed by atoms with Crippen molar-refractivity contribution in [1.29, 1.82) is 0 Å². The number of nitrogens with one attached hydrogen (secondary N) is 2. The van der Waals surface area contributed by atoms with Gasteiger partial charge in [-0.1, -0.05) is 20.3 Å². The number of anilines is 1. The van der Waals surface area contributed by atoms with Crippen molar-refractivity contribution >= 4 is 11.7 Å². The number of nitrogens with zero attached hydrogens (tertiary/aromatic N) is 3. The second-order valence-corrected chi connectivity index (χ2v) is 7.75. The van der Waals surface area contributed by atoms with Gasteiger partial charge in [-0.15, -0.1) is 0 Å². The van der Waals surface area contributed by atoms with Gasteiger partial charge in [0, 0.05) is 29.3 Å². The molecular weight excluding hydrogens is 342 g/mol. The third-order valence-electron chi connectivity index (χ3n) is 5.18. The molecular formula is C20H29N5O2. The first-order chi connectivity index (χ1) is 13.0. The van der Waals surface area contributed by atoms with Crippen LogP contribution < -0.4 is 10.1 Å². The van der Waals surface area contributed by atoms with Gasteiger partial charge in [0.05, 0.1) is 12.8 Å². The highest BCUT2D eigenvalue weighted by atomic mass is 16.5. The SMILES string of the molecule is COc1ccc(-c2cc(NC(=O)C(C)(C)CCN3CCCCC3)[nH]n2)cn1. The molecule has 7 nitrogen and oxygen atoms in total. The van der Waals surface area contributed by atoms with Crippen molar-refractivity contribution in [2.24, 2.45) is 5.41 Å². The van der Waals surface area contributed by atoms with Crippen LogP contribution in [0.5, 0.6) is 5.88 Å². The molecule has 1 aliphatic rings. The topological polar surface area (TPSA) is 83.1 Å². The third-order valence-corrected chi connectivity index (χ3v) is 5.18. The summed E-state index contributed by atoms with van der Waals surface area (Å²) in [6.45, 7) is 7.26. The van der Waals surface area contributed by atoms with Crippen molar-refractivity contribution in [2.75, 3.05) is 32.1 Å². The summed E-state index contributed by atoms with van der Waals surface area (Å²) in [4.78, 5) is 19.4. The second kappa shape index (κ2) is 8.52. The highest BCUT2D eigenvalue weighted by Gasteiger charge is 2.29. The summed E-state index contributed by atoms with van der Waals surface area (Å²) >= 11 is 0. The fraction of sp³-hybridized carbons (Fsp3) is 0.550. The van der Waals surface area contributed by atoms with Gasteiger partial charge in [0.2, 0.25) is 11.8 Å². The van der Waals surface area contributed by atoms with E-state index in [2.05, 4.69) is 25.4 Å². The minimum Gasteiger partial charge on any atom is -0.481 e. The Bertz CT molecular complexity index is 748. The standard InChI is InChI=1S/C20H29N5O2/c1-20(2,9-12-25-10-5-4-6-11-25)19(26)22-17-13-16(23-24-17)15-7-8-18(27-3)21-14-15/h7-8,13-14H,4-6,9-12H2,1-3H3,(H2,22,23,24,26). The molecule has 2 aromatic heterocycles. The van der Waals surface area contributed by atoms with Gasteiger partial charge in [-0.3, -0.25) is 9.89 Å². The predicted molar refractivity (Wildman–Crippen MR) is 106 cm³/mol. The lowest BCUT2D eigenvalue weighted by Crippen LogP contribution is -2.37. The molecule has 27 heavy (non-hydrogen) atoms. The number of hydrogen-bond acceptors (Lipinski definition) is 5. The van der Waals surface area contributed by atoms with Gasteiger partial charge in [-0.2, -0.15) is 5.10 Å². The van der Waals surface area contributed by atoms with Crippen molar-refractivity contribution in [1.82, 2.24) is 20.1 Å². The fourth-order valence-electron chi connectivity index (χ4n) is 3.21. The van der Waals surface area contributed by atoms with Crippen molar-refractivity contribution in [3.8, 4) is 17.1 Å². The van der Waals surface area contributed by atoms with Crippen molar-refractivity contribution < 1.29 is 9.53 Å². The molecule has 3 rings (SSSR count). The van der Waals surface area contributed by atoms with Crippen LogP contribution in [0.25, 0.3) is 11.3 Å². The van der Waals surface area contributed by atoms with Gasteiger partial charge in [0.25, 0.3) is 0 Å². The summed E-state index contributed by atoms with van der Waals surface area (Å²) in [7, 11) is 1.58. The first-order valence-electron chi connectivity index (χ1n) is 9.57. The van der Waals surface area contributed by atoms with Crippen molar-refractivity contribution in [3.05, 3.63) is 24.4 Å². The Kier molecular flexibility index (Phi) is 6.11. The number of carbonyl (C=O) groups is 1. The fourth-order valence-corrected chi connectivity index (χ4v) is 3.21. The van der Waals surface area contributed by atoms with E-state index < -0.39 is 5.41 Å². The summed E-state index contributed by atoms with van der Waals surface area (Å²) < 4.78 is 5.07. The average Bonchev–Trinajstić information content (AvgIpc) is 3.16. The molecule has 2 N–H and O–H groups in total. The van der Waals surface area contributed by atoms with Gasteiger partial charge in [-0.25, -0.2) is 4.98 Å². The number of aromatic nitrogens is 3. The Balaban J connectivity index is 1.57. The molecule has 146 valence electrons. The van der Waals surface area contributed by atoms with Crippen LogP contribution in [0.1, 0.15) is 39.5 Å². The molecule has 7 heteroatoms. The van der Waals surface area contributed by atoms with E-state index in [0.717, 1.165) is 37.3 Å². The highest BCUT2D eigenvalue weighted by Crippen LogP contribution is 2.25. The summed E-state index contributed by atoms with van der Waals surface area (Å²) in [5.41, 5.74) is 1.15. The first kappa shape index (κ1) is 19.4. The van der Waals surface area contributed by atoms with E-state index >= 15 is 0 Å². The van der Waals surface area contributed by atoms with Crippen molar-refractivity contribution in [2.45, 2.75) is 39.5 Å². The van der Waals surface area contributed by atoms with Gasteiger partial charge in [0.1, 0.15) is 5.82 Å². The lowest BCUT2D eigenvalue weighted by molar-refractivity contribution is -0.124. The molecule has 0 unspecified atom stereocenters. The number of ether oxygens (including phenoxy) is 1. The van der Waals surface area contributed by atoms with Gasteiger partial charge < -0.3 is 15.0 Å². The largest absolute Gasteiger partial charge is 0.481 e. The van der Waals surface area contributed by atoms with Crippen LogP contribution in [0.4, 0.5) is 5.82 Å². The number of likely N-dealkylation sites (tertiary alicyclic amines) is 1. The molecule has 0 aromatic carbocycles. The molecule has 0 bridgehead atoms. The summed E-state index contributed by atoms with van der Waals surface area (Å²) in [5.74, 6) is 1.15. The van der Waals surface area contributed by atoms with Crippen LogP contribution >= 0.6 is 0 Å². The van der Waals surface area contributed by atoms with Crippen LogP contribution in [0.2, 0.25) is 0 Å². The van der Waals surface area contributed by atoms with Gasteiger partial charge in [-0.05, 0) is 45.0 Å². The zero-order chi connectivity index (χ0) is 19.3. The van der Waals surface area contributed by atoms with Crippen LogP contribution in [-0.4, -0.2) is 52.7 Å². The van der Waals surface area contributed by atoms with E-state index in [-0.39, 0.29) is 5.91 Å². The number of amides is 1. The smallest absolute Gasteiger partial charge is 0.231 e. The van der Waals surface area contributed by atoms with E-state index in [9.17, 15) is 4.79 Å². The molecule has 0 aliphatic carbocycles. The molecule has 0 radical (unpaired) electrons. The normalized spacial score (nSPS) is 15.5. The Morgan fingerprint density at radius 1 is 1.30 bits per heavy atom. The van der Waals surface area contributed by atoms with Crippen LogP contribution in [0.3, 0.4) is 0 Å². The number of rotatable bonds is 7. The Hall–Kier alpha value is -2.41. The third kappa shape index (κ3) is 5.07. The van der Waals surface area contributed by atoms with E-state index in [0.29, 0.717) is 11.7 Å². The predicted octanol–water partition coefficient (Wildman–Crippen LogP) is 3.32. The second-order valence-electron chi connectivity index (χ2n) is 7.75. The molecule has 1 amide bonds. The maximum Gasteiger partial charge on any atom is 0.231 e. The Morgan fingerprint density at radius 3 is 2.74 bits per heavy atom. The lowest BCUT2D eigenvalue weighted by atomic mass is 9.87. The van der Waals surface area contributed by atoms with Gasteiger partial charge in [0.15, 0.2) is 0 Å². The van der Waals surface area contributed by atoms with Crippen LogP contribution in [-0.2, 0) is 4.79 Å². The van der Waals surface area contributed by atoms with Crippen LogP contribution in [0.15, 0.2) is 24.4 Å². The minimum absolute atomic E-state index is 0.00238. The number of H-pyrrole nitrogens is 1. The maximum absolute atomic E-state index is 12.7. The summed E-state index contributed by atoms with van der Waals surface area (Å²) in [6, 6.07) is 5.49. The molecule has 3 heterocycles. The summed E-state index contributed by atoms with van der Waals surface area (Å²) in [5, 5.41) is 10.1. The highest BCUT2D eigenvalue weighted by molar-refractivity contribution is 5.94. The number of aromatic amines is 1. The number of hydrogen-bond donors (Lipinski definition) is 2. The average molecular weight is 371 g/mol. The number of methoxy groups -OCH3 is 1. The van der Waals surface area contributed by atoms with E-state index in [1.54, 1.807) is 19.4 Å². The zero-order valence-corrected chi connectivity index (χ0v) is 16.4. The first-order valence-corrected chi connectivity index (χ1v) is 9.57. The molecule has 1 aliphatic heterocycles. The Labute approximate surface area is 160 Å². The molecule has 0 saturated carbocycles. The number of carbonyl (C=O) groups excluding carboxylic acids is 1.